The molecule has 0 spiro atoms. The second-order valence-corrected chi connectivity index (χ2v) is 12.3. The molecule has 0 bridgehead atoms. The maximum Gasteiger partial charge on any atom is 0.0594 e. The first-order valence-electron chi connectivity index (χ1n) is 12.7. The number of aliphatic hydroxyl groups is 1. The van der Waals surface area contributed by atoms with Crippen molar-refractivity contribution in [1.29, 1.82) is 0 Å². The Kier molecular flexibility index (Phi) is 5.86. The largest absolute Gasteiger partial charge is 0.393 e. The highest BCUT2D eigenvalue weighted by Gasteiger charge is 2.60. The van der Waals surface area contributed by atoms with Gasteiger partial charge in [-0.3, -0.25) is 0 Å². The molecule has 0 radical (unpaired) electrons. The highest BCUT2D eigenvalue weighted by atomic mass is 16.3. The van der Waals surface area contributed by atoms with Gasteiger partial charge in [0.05, 0.1) is 6.10 Å². The van der Waals surface area contributed by atoms with E-state index in [9.17, 15) is 5.11 Å². The monoisotopic (exact) mass is 398 g/mol. The van der Waals surface area contributed by atoms with E-state index < -0.39 is 0 Å². The molecule has 4 aliphatic rings. The second-order valence-electron chi connectivity index (χ2n) is 12.3. The van der Waals surface area contributed by atoms with Gasteiger partial charge in [-0.25, -0.2) is 0 Å². The zero-order chi connectivity index (χ0) is 21.0. The highest BCUT2D eigenvalue weighted by Crippen LogP contribution is 2.67. The minimum atomic E-state index is -0.0971. The van der Waals surface area contributed by atoms with Crippen LogP contribution in [0.1, 0.15) is 106 Å². The van der Waals surface area contributed by atoms with E-state index in [-0.39, 0.29) is 11.5 Å². The second kappa shape index (κ2) is 7.85. The molecule has 0 aromatic rings. The molecular weight excluding hydrogens is 352 g/mol. The lowest BCUT2D eigenvalue weighted by Gasteiger charge is -2.53. The zero-order valence-corrected chi connectivity index (χ0v) is 20.1. The van der Waals surface area contributed by atoms with Crippen LogP contribution in [-0.2, 0) is 0 Å². The summed E-state index contributed by atoms with van der Waals surface area (Å²) in [6.07, 6.45) is 15.6. The van der Waals surface area contributed by atoms with Gasteiger partial charge in [0, 0.05) is 0 Å². The number of aliphatic hydroxyl groups excluding tert-OH is 1. The normalized spacial score (nSPS) is 45.1. The molecule has 1 nitrogen and oxygen atoms in total. The zero-order valence-electron chi connectivity index (χ0n) is 20.1. The average molecular weight is 399 g/mol. The van der Waals surface area contributed by atoms with Crippen LogP contribution in [-0.4, -0.2) is 11.2 Å². The molecule has 7 atom stereocenters. The van der Waals surface area contributed by atoms with Crippen LogP contribution in [0.2, 0.25) is 0 Å². The summed E-state index contributed by atoms with van der Waals surface area (Å²) in [6.45, 7) is 14.2. The van der Waals surface area contributed by atoms with Crippen molar-refractivity contribution in [3.8, 4) is 0 Å². The van der Waals surface area contributed by atoms with Crippen LogP contribution in [0.5, 0.6) is 0 Å². The molecule has 4 rings (SSSR count). The van der Waals surface area contributed by atoms with Crippen molar-refractivity contribution in [3.05, 3.63) is 22.8 Å². The molecule has 0 amide bonds. The van der Waals surface area contributed by atoms with Crippen LogP contribution in [0, 0.1) is 40.4 Å². The van der Waals surface area contributed by atoms with E-state index in [0.717, 1.165) is 30.1 Å². The fourth-order valence-electron chi connectivity index (χ4n) is 8.82. The first-order chi connectivity index (χ1) is 13.7. The summed E-state index contributed by atoms with van der Waals surface area (Å²) in [7, 11) is 0. The fourth-order valence-corrected chi connectivity index (χ4v) is 8.82. The van der Waals surface area contributed by atoms with Crippen LogP contribution >= 0.6 is 0 Å². The first-order valence-corrected chi connectivity index (χ1v) is 12.7. The van der Waals surface area contributed by atoms with Crippen LogP contribution in [0.15, 0.2) is 22.8 Å². The summed E-state index contributed by atoms with van der Waals surface area (Å²) in [5.41, 5.74) is 5.60. The van der Waals surface area contributed by atoms with Crippen molar-refractivity contribution in [2.75, 3.05) is 0 Å². The van der Waals surface area contributed by atoms with E-state index in [1.807, 2.05) is 5.57 Å². The van der Waals surface area contributed by atoms with Crippen LogP contribution in [0.3, 0.4) is 0 Å². The molecule has 4 fully saturated rings. The van der Waals surface area contributed by atoms with Gasteiger partial charge in [-0.1, -0.05) is 43.6 Å². The summed E-state index contributed by atoms with van der Waals surface area (Å²) < 4.78 is 0. The van der Waals surface area contributed by atoms with Gasteiger partial charge in [-0.05, 0) is 125 Å². The third-order valence-electron chi connectivity index (χ3n) is 10.3. The molecule has 164 valence electrons. The molecule has 1 heteroatoms. The molecule has 4 saturated carbocycles. The first kappa shape index (κ1) is 21.7. The number of rotatable bonds is 4. The van der Waals surface area contributed by atoms with Crippen molar-refractivity contribution in [2.45, 2.75) is 112 Å². The van der Waals surface area contributed by atoms with E-state index in [1.54, 1.807) is 5.57 Å². The van der Waals surface area contributed by atoms with Crippen molar-refractivity contribution >= 4 is 0 Å². The topological polar surface area (TPSA) is 20.2 Å². The Morgan fingerprint density at radius 1 is 0.966 bits per heavy atom. The van der Waals surface area contributed by atoms with Crippen molar-refractivity contribution in [3.63, 3.8) is 0 Å². The van der Waals surface area contributed by atoms with Gasteiger partial charge in [0.1, 0.15) is 0 Å². The Morgan fingerprint density at radius 3 is 2.45 bits per heavy atom. The summed E-state index contributed by atoms with van der Waals surface area (Å²) in [5, 5.41) is 10.7. The van der Waals surface area contributed by atoms with Gasteiger partial charge in [-0.2, -0.15) is 0 Å². The predicted molar refractivity (Wildman–Crippen MR) is 124 cm³/mol. The molecule has 0 aromatic carbocycles. The minimum Gasteiger partial charge on any atom is -0.393 e. The van der Waals surface area contributed by atoms with E-state index in [4.69, 9.17) is 0 Å². The molecule has 0 aliphatic heterocycles. The number of allylic oxidation sites excluding steroid dienone is 4. The van der Waals surface area contributed by atoms with Gasteiger partial charge in [-0.15, -0.1) is 0 Å². The fraction of sp³-hybridized carbons (Fsp3) is 0.857. The third kappa shape index (κ3) is 3.58. The van der Waals surface area contributed by atoms with E-state index >= 15 is 0 Å². The molecule has 0 aromatic heterocycles. The highest BCUT2D eigenvalue weighted by molar-refractivity contribution is 5.24. The lowest BCUT2D eigenvalue weighted by molar-refractivity contribution is -0.101. The Morgan fingerprint density at radius 2 is 1.72 bits per heavy atom. The Hall–Kier alpha value is -0.560. The quantitative estimate of drug-likeness (QED) is 0.481. The minimum absolute atomic E-state index is 0.0971. The molecular formula is C28H46O. The Balaban J connectivity index is 1.49. The van der Waals surface area contributed by atoms with E-state index in [0.29, 0.717) is 11.3 Å². The molecule has 29 heavy (non-hydrogen) atoms. The molecule has 1 unspecified atom stereocenters. The summed E-state index contributed by atoms with van der Waals surface area (Å²) in [6, 6.07) is 0. The van der Waals surface area contributed by atoms with Gasteiger partial charge < -0.3 is 5.11 Å². The molecule has 4 aliphatic carbocycles. The predicted octanol–water partition coefficient (Wildman–Crippen LogP) is 7.70. The van der Waals surface area contributed by atoms with Crippen molar-refractivity contribution in [2.24, 2.45) is 40.4 Å². The number of fused-ring (bicyclic) bond motifs is 2. The van der Waals surface area contributed by atoms with Gasteiger partial charge in [0.25, 0.3) is 0 Å². The standard InChI is InChI=1S/C28H46O/c1-18(2)8-7-9-19(3)20-10-11-22-21(20)12-13-23(22)24-14-15-25-27(4,5)26(29)16-17-28(24,25)6/h8,21-26,29H,7,9-17H2,1-6H3/b20-19+/t21-,22-,23+,24+,25?,26-,28+/m0/s1. The average Bonchev–Trinajstić information content (AvgIpc) is 3.32. The van der Waals surface area contributed by atoms with Gasteiger partial charge >= 0.3 is 0 Å². The van der Waals surface area contributed by atoms with E-state index in [2.05, 4.69) is 47.6 Å². The SMILES string of the molecule is CC(C)=CCC/C(C)=C1\CC[C@@H]2[C@H]([C@H]3CCC4C(C)(C)[C@@H](O)CC[C@@]43C)CC[C@@H]12. The smallest absolute Gasteiger partial charge is 0.0594 e. The molecule has 1 N–H and O–H groups in total. The lowest BCUT2D eigenvalue weighted by atomic mass is 9.53. The Labute approximate surface area is 180 Å². The molecule has 0 heterocycles. The van der Waals surface area contributed by atoms with Crippen molar-refractivity contribution < 1.29 is 5.11 Å². The maximum absolute atomic E-state index is 10.7. The lowest BCUT2D eigenvalue weighted by Crippen LogP contribution is -2.50. The Bertz CT molecular complexity index is 678. The summed E-state index contributed by atoms with van der Waals surface area (Å²) in [5.74, 6) is 4.42. The summed E-state index contributed by atoms with van der Waals surface area (Å²) >= 11 is 0. The van der Waals surface area contributed by atoms with Crippen LogP contribution in [0.25, 0.3) is 0 Å². The molecule has 0 saturated heterocycles. The van der Waals surface area contributed by atoms with Gasteiger partial charge in [0.2, 0.25) is 0 Å². The third-order valence-corrected chi connectivity index (χ3v) is 10.3. The van der Waals surface area contributed by atoms with Gasteiger partial charge in [0.15, 0.2) is 0 Å². The van der Waals surface area contributed by atoms with E-state index in [1.165, 1.54) is 63.4 Å². The summed E-state index contributed by atoms with van der Waals surface area (Å²) in [4.78, 5) is 0. The van der Waals surface area contributed by atoms with Crippen LogP contribution < -0.4 is 0 Å². The number of hydrogen-bond donors (Lipinski definition) is 1. The maximum atomic E-state index is 10.7. The number of hydrogen-bond acceptors (Lipinski definition) is 1. The van der Waals surface area contributed by atoms with Crippen LogP contribution in [0.4, 0.5) is 0 Å². The van der Waals surface area contributed by atoms with Crippen molar-refractivity contribution in [1.82, 2.24) is 0 Å².